The molecule has 1 atom stereocenters. The van der Waals surface area contributed by atoms with Crippen molar-refractivity contribution in [1.82, 2.24) is 9.78 Å². The van der Waals surface area contributed by atoms with Crippen LogP contribution in [0.2, 0.25) is 0 Å². The van der Waals surface area contributed by atoms with E-state index < -0.39 is 0 Å². The molecule has 0 saturated carbocycles. The number of aromatic nitrogens is 2. The summed E-state index contributed by atoms with van der Waals surface area (Å²) >= 11 is 0. The first-order chi connectivity index (χ1) is 9.93. The maximum absolute atomic E-state index is 4.61. The first kappa shape index (κ1) is 15.4. The summed E-state index contributed by atoms with van der Waals surface area (Å²) in [6, 6.07) is 8.72. The monoisotopic (exact) mass is 286 g/mol. The molecule has 1 aromatic carbocycles. The fourth-order valence-corrected chi connectivity index (χ4v) is 2.84. The summed E-state index contributed by atoms with van der Waals surface area (Å²) in [4.78, 5) is 2.11. The van der Waals surface area contributed by atoms with Gasteiger partial charge in [0.25, 0.3) is 0 Å². The van der Waals surface area contributed by atoms with Gasteiger partial charge in [0.1, 0.15) is 0 Å². The number of hydrogen-bond donors (Lipinski definition) is 1. The van der Waals surface area contributed by atoms with Crippen molar-refractivity contribution in [3.05, 3.63) is 41.2 Å². The summed E-state index contributed by atoms with van der Waals surface area (Å²) in [7, 11) is 4.12. The number of nitrogens with one attached hydrogen (secondary N) is 1. The molecule has 0 radical (unpaired) electrons. The van der Waals surface area contributed by atoms with E-state index in [4.69, 9.17) is 0 Å². The molecule has 0 bridgehead atoms. The molecule has 0 saturated heterocycles. The van der Waals surface area contributed by atoms with Crippen LogP contribution in [0.4, 0.5) is 11.4 Å². The average molecular weight is 286 g/mol. The second-order valence-electron chi connectivity index (χ2n) is 5.71. The highest BCUT2D eigenvalue weighted by Gasteiger charge is 2.17. The van der Waals surface area contributed by atoms with Gasteiger partial charge in [0, 0.05) is 43.3 Å². The third kappa shape index (κ3) is 3.20. The van der Waals surface area contributed by atoms with E-state index in [0.29, 0.717) is 0 Å². The van der Waals surface area contributed by atoms with E-state index in [1.165, 1.54) is 16.9 Å². The van der Waals surface area contributed by atoms with Crippen molar-refractivity contribution in [2.75, 3.05) is 24.3 Å². The Bertz CT molecular complexity index is 613. The maximum atomic E-state index is 4.61. The highest BCUT2D eigenvalue weighted by molar-refractivity contribution is 5.58. The Morgan fingerprint density at radius 1 is 1.29 bits per heavy atom. The van der Waals surface area contributed by atoms with E-state index in [1.54, 1.807) is 0 Å². The standard InChI is InChI=1S/C17H26N4/c1-7-21-14(4)17(13(3)19-21)12(2)18-15-9-8-10-16(11-15)20(5)6/h8-12,18H,7H2,1-6H3. The minimum absolute atomic E-state index is 0.239. The average Bonchev–Trinajstić information content (AvgIpc) is 2.73. The van der Waals surface area contributed by atoms with Crippen LogP contribution in [0.15, 0.2) is 24.3 Å². The molecule has 0 fully saturated rings. The van der Waals surface area contributed by atoms with Gasteiger partial charge in [-0.05, 0) is 45.9 Å². The van der Waals surface area contributed by atoms with Gasteiger partial charge in [-0.2, -0.15) is 5.10 Å². The molecule has 0 aliphatic rings. The Morgan fingerprint density at radius 2 is 2.00 bits per heavy atom. The molecule has 21 heavy (non-hydrogen) atoms. The second-order valence-corrected chi connectivity index (χ2v) is 5.71. The van der Waals surface area contributed by atoms with Gasteiger partial charge >= 0.3 is 0 Å². The predicted octanol–water partition coefficient (Wildman–Crippen LogP) is 3.76. The van der Waals surface area contributed by atoms with Gasteiger partial charge in [0.05, 0.1) is 11.7 Å². The van der Waals surface area contributed by atoms with Crippen LogP contribution in [-0.2, 0) is 6.54 Å². The largest absolute Gasteiger partial charge is 0.378 e. The molecular formula is C17H26N4. The Balaban J connectivity index is 2.24. The molecule has 4 heteroatoms. The quantitative estimate of drug-likeness (QED) is 0.908. The lowest BCUT2D eigenvalue weighted by atomic mass is 10.1. The minimum atomic E-state index is 0.239. The molecule has 0 aliphatic heterocycles. The molecule has 1 N–H and O–H groups in total. The zero-order valence-electron chi connectivity index (χ0n) is 13.9. The number of benzene rings is 1. The normalized spacial score (nSPS) is 12.3. The van der Waals surface area contributed by atoms with E-state index in [1.807, 2.05) is 0 Å². The number of anilines is 2. The Labute approximate surface area is 127 Å². The topological polar surface area (TPSA) is 33.1 Å². The molecule has 4 nitrogen and oxygen atoms in total. The molecule has 2 aromatic rings. The summed E-state index contributed by atoms with van der Waals surface area (Å²) in [5.74, 6) is 0. The van der Waals surface area contributed by atoms with Crippen molar-refractivity contribution in [3.8, 4) is 0 Å². The van der Waals surface area contributed by atoms with Gasteiger partial charge in [-0.3, -0.25) is 4.68 Å². The van der Waals surface area contributed by atoms with Crippen LogP contribution in [0, 0.1) is 13.8 Å². The van der Waals surface area contributed by atoms with Crippen molar-refractivity contribution in [2.24, 2.45) is 0 Å². The zero-order chi connectivity index (χ0) is 15.6. The molecule has 2 rings (SSSR count). The fourth-order valence-electron chi connectivity index (χ4n) is 2.84. The predicted molar refractivity (Wildman–Crippen MR) is 90.2 cm³/mol. The fraction of sp³-hybridized carbons (Fsp3) is 0.471. The third-order valence-corrected chi connectivity index (χ3v) is 3.92. The molecule has 0 amide bonds. The van der Waals surface area contributed by atoms with Crippen LogP contribution in [0.3, 0.4) is 0 Å². The molecule has 114 valence electrons. The first-order valence-corrected chi connectivity index (χ1v) is 7.51. The lowest BCUT2D eigenvalue weighted by Gasteiger charge is -2.19. The molecule has 0 aliphatic carbocycles. The van der Waals surface area contributed by atoms with Crippen molar-refractivity contribution < 1.29 is 0 Å². The molecule has 1 unspecified atom stereocenters. The Kier molecular flexibility index (Phi) is 4.56. The summed E-state index contributed by atoms with van der Waals surface area (Å²) in [6.07, 6.45) is 0. The molecular weight excluding hydrogens is 260 g/mol. The van der Waals surface area contributed by atoms with E-state index in [9.17, 15) is 0 Å². The molecule has 1 heterocycles. The summed E-state index contributed by atoms with van der Waals surface area (Å²) in [5, 5.41) is 8.20. The van der Waals surface area contributed by atoms with E-state index >= 15 is 0 Å². The number of nitrogens with zero attached hydrogens (tertiary/aromatic N) is 3. The van der Waals surface area contributed by atoms with Gasteiger partial charge in [0.2, 0.25) is 0 Å². The van der Waals surface area contributed by atoms with Gasteiger partial charge in [-0.25, -0.2) is 0 Å². The van der Waals surface area contributed by atoms with Crippen LogP contribution >= 0.6 is 0 Å². The van der Waals surface area contributed by atoms with Crippen LogP contribution < -0.4 is 10.2 Å². The molecule has 1 aromatic heterocycles. The van der Waals surface area contributed by atoms with Gasteiger partial charge in [0.15, 0.2) is 0 Å². The Morgan fingerprint density at radius 3 is 2.57 bits per heavy atom. The van der Waals surface area contributed by atoms with Crippen LogP contribution in [0.1, 0.15) is 36.8 Å². The smallest absolute Gasteiger partial charge is 0.0649 e. The number of rotatable bonds is 5. The summed E-state index contributed by atoms with van der Waals surface area (Å²) in [6.45, 7) is 9.47. The van der Waals surface area contributed by atoms with E-state index in [0.717, 1.165) is 17.9 Å². The number of aryl methyl sites for hydroxylation is 2. The zero-order valence-corrected chi connectivity index (χ0v) is 13.9. The highest BCUT2D eigenvalue weighted by Crippen LogP contribution is 2.26. The summed E-state index contributed by atoms with van der Waals surface area (Å²) < 4.78 is 2.07. The number of hydrogen-bond acceptors (Lipinski definition) is 3. The summed E-state index contributed by atoms with van der Waals surface area (Å²) in [5.41, 5.74) is 5.99. The second kappa shape index (κ2) is 6.20. The molecule has 0 spiro atoms. The SMILES string of the molecule is CCn1nc(C)c(C(C)Nc2cccc(N(C)C)c2)c1C. The van der Waals surface area contributed by atoms with Crippen molar-refractivity contribution >= 4 is 11.4 Å². The van der Waals surface area contributed by atoms with Crippen molar-refractivity contribution in [2.45, 2.75) is 40.3 Å². The van der Waals surface area contributed by atoms with E-state index in [2.05, 4.69) is 86.1 Å². The van der Waals surface area contributed by atoms with Crippen LogP contribution in [-0.4, -0.2) is 23.9 Å². The van der Waals surface area contributed by atoms with Gasteiger partial charge in [-0.15, -0.1) is 0 Å². The van der Waals surface area contributed by atoms with E-state index in [-0.39, 0.29) is 6.04 Å². The lowest BCUT2D eigenvalue weighted by molar-refractivity contribution is 0.632. The Hall–Kier alpha value is -1.97. The first-order valence-electron chi connectivity index (χ1n) is 7.51. The van der Waals surface area contributed by atoms with Crippen molar-refractivity contribution in [1.29, 1.82) is 0 Å². The minimum Gasteiger partial charge on any atom is -0.378 e. The van der Waals surface area contributed by atoms with Gasteiger partial charge in [-0.1, -0.05) is 6.07 Å². The van der Waals surface area contributed by atoms with Crippen LogP contribution in [0.25, 0.3) is 0 Å². The van der Waals surface area contributed by atoms with Crippen LogP contribution in [0.5, 0.6) is 0 Å². The third-order valence-electron chi connectivity index (χ3n) is 3.92. The highest BCUT2D eigenvalue weighted by atomic mass is 15.3. The maximum Gasteiger partial charge on any atom is 0.0649 e. The van der Waals surface area contributed by atoms with Gasteiger partial charge < -0.3 is 10.2 Å². The lowest BCUT2D eigenvalue weighted by Crippen LogP contribution is -2.11. The van der Waals surface area contributed by atoms with Crippen molar-refractivity contribution in [3.63, 3.8) is 0 Å².